The summed E-state index contributed by atoms with van der Waals surface area (Å²) in [7, 11) is 1.62. The van der Waals surface area contributed by atoms with Crippen molar-refractivity contribution in [3.8, 4) is 5.75 Å². The number of halogens is 1. The van der Waals surface area contributed by atoms with Crippen LogP contribution in [0.25, 0.3) is 0 Å². The molecule has 0 radical (unpaired) electrons. The fraction of sp³-hybridized carbons (Fsp3) is 0.235. The molecule has 4 rings (SSSR count). The summed E-state index contributed by atoms with van der Waals surface area (Å²) in [6.07, 6.45) is 3.38. The van der Waals surface area contributed by atoms with E-state index in [1.165, 1.54) is 6.33 Å². The third-order valence-corrected chi connectivity index (χ3v) is 4.90. The number of aromatic nitrogens is 3. The zero-order chi connectivity index (χ0) is 17.8. The lowest BCUT2D eigenvalue weighted by Gasteiger charge is -2.34. The fourth-order valence-electron chi connectivity index (χ4n) is 3.25. The summed E-state index contributed by atoms with van der Waals surface area (Å²) in [5.41, 5.74) is 6.87. The molecule has 0 bridgehead atoms. The number of aliphatic imine (C=N–C) groups is 1. The Labute approximate surface area is 153 Å². The van der Waals surface area contributed by atoms with Gasteiger partial charge in [-0.1, -0.05) is 15.9 Å². The Bertz CT molecular complexity index is 975. The second kappa shape index (κ2) is 5.45. The molecule has 1 unspecified atom stereocenters. The topological polar surface area (TPSA) is 87.5 Å². The Balaban J connectivity index is 2.10. The predicted octanol–water partition coefficient (Wildman–Crippen LogP) is 2.68. The van der Waals surface area contributed by atoms with Crippen LogP contribution in [0.5, 0.6) is 5.75 Å². The minimum atomic E-state index is -0.929. The van der Waals surface area contributed by atoms with Crippen LogP contribution < -0.4 is 10.5 Å². The number of nitrogens with zero attached hydrogens (tertiary/aromatic N) is 4. The van der Waals surface area contributed by atoms with Gasteiger partial charge < -0.3 is 15.2 Å². The SMILES string of the molecule is CO/C(C)=C/C1=C(C)Oc2ccc(Br)cc2C12N=C(N)n1ncnc12. The van der Waals surface area contributed by atoms with E-state index in [1.54, 1.807) is 11.8 Å². The van der Waals surface area contributed by atoms with Crippen molar-refractivity contribution >= 4 is 21.9 Å². The van der Waals surface area contributed by atoms with E-state index in [2.05, 4.69) is 26.0 Å². The van der Waals surface area contributed by atoms with Gasteiger partial charge in [0.2, 0.25) is 5.96 Å². The van der Waals surface area contributed by atoms with Crippen LogP contribution in [0.1, 0.15) is 25.2 Å². The standard InChI is InChI=1S/C17H16BrN5O2/c1-9(24-3)6-12-10(2)25-14-5-4-11(18)7-13(14)17(12)15-20-8-21-23(15)16(19)22-17/h4-8H,1-3H3,(H2,19,22)/b9-6+. The fourth-order valence-corrected chi connectivity index (χ4v) is 3.61. The van der Waals surface area contributed by atoms with Crippen molar-refractivity contribution in [2.24, 2.45) is 10.7 Å². The molecule has 0 fully saturated rings. The Morgan fingerprint density at radius 2 is 2.24 bits per heavy atom. The molecule has 25 heavy (non-hydrogen) atoms. The third kappa shape index (κ3) is 2.13. The van der Waals surface area contributed by atoms with Crippen molar-refractivity contribution < 1.29 is 9.47 Å². The number of fused-ring (bicyclic) bond motifs is 4. The lowest BCUT2D eigenvalue weighted by molar-refractivity contribution is 0.291. The van der Waals surface area contributed by atoms with Gasteiger partial charge in [-0.15, -0.1) is 0 Å². The summed E-state index contributed by atoms with van der Waals surface area (Å²) in [5.74, 6) is 3.05. The first-order chi connectivity index (χ1) is 12.0. The van der Waals surface area contributed by atoms with Gasteiger partial charge in [0, 0.05) is 15.6 Å². The van der Waals surface area contributed by atoms with Crippen LogP contribution in [0.3, 0.4) is 0 Å². The lowest BCUT2D eigenvalue weighted by Crippen LogP contribution is -2.32. The molecular weight excluding hydrogens is 386 g/mol. The van der Waals surface area contributed by atoms with Crippen molar-refractivity contribution in [1.29, 1.82) is 0 Å². The van der Waals surface area contributed by atoms with Crippen LogP contribution in [0, 0.1) is 0 Å². The van der Waals surface area contributed by atoms with E-state index in [-0.39, 0.29) is 5.96 Å². The maximum atomic E-state index is 6.15. The Morgan fingerprint density at radius 3 is 3.00 bits per heavy atom. The molecule has 2 N–H and O–H groups in total. The lowest BCUT2D eigenvalue weighted by atomic mass is 9.79. The number of allylic oxidation sites excluding steroid dienone is 2. The van der Waals surface area contributed by atoms with Crippen LogP contribution >= 0.6 is 15.9 Å². The van der Waals surface area contributed by atoms with Gasteiger partial charge in [0.15, 0.2) is 11.4 Å². The predicted molar refractivity (Wildman–Crippen MR) is 96.1 cm³/mol. The molecule has 0 amide bonds. The van der Waals surface area contributed by atoms with Gasteiger partial charge in [-0.2, -0.15) is 9.78 Å². The summed E-state index contributed by atoms with van der Waals surface area (Å²) in [6.45, 7) is 3.77. The largest absolute Gasteiger partial charge is 0.501 e. The van der Waals surface area contributed by atoms with E-state index >= 15 is 0 Å². The molecule has 7 nitrogen and oxygen atoms in total. The summed E-state index contributed by atoms with van der Waals surface area (Å²) in [5, 5.41) is 4.20. The van der Waals surface area contributed by atoms with Gasteiger partial charge >= 0.3 is 0 Å². The minimum Gasteiger partial charge on any atom is -0.501 e. The second-order valence-electron chi connectivity index (χ2n) is 5.85. The molecule has 1 aromatic carbocycles. The van der Waals surface area contributed by atoms with E-state index < -0.39 is 5.54 Å². The molecule has 0 saturated carbocycles. The van der Waals surface area contributed by atoms with Crippen molar-refractivity contribution in [3.63, 3.8) is 0 Å². The minimum absolute atomic E-state index is 0.286. The van der Waals surface area contributed by atoms with Crippen molar-refractivity contribution in [2.45, 2.75) is 19.4 Å². The maximum absolute atomic E-state index is 6.15. The van der Waals surface area contributed by atoms with E-state index in [0.29, 0.717) is 17.3 Å². The molecule has 1 atom stereocenters. The summed E-state index contributed by atoms with van der Waals surface area (Å²) in [6, 6.07) is 5.80. The highest BCUT2D eigenvalue weighted by Crippen LogP contribution is 2.51. The van der Waals surface area contributed by atoms with Crippen LogP contribution in [0.15, 0.2) is 57.2 Å². The van der Waals surface area contributed by atoms with Gasteiger partial charge in [0.1, 0.15) is 17.8 Å². The first-order valence-electron chi connectivity index (χ1n) is 7.65. The van der Waals surface area contributed by atoms with Crippen LogP contribution in [-0.4, -0.2) is 27.8 Å². The number of hydrogen-bond acceptors (Lipinski definition) is 6. The Hall–Kier alpha value is -2.61. The van der Waals surface area contributed by atoms with Crippen LogP contribution in [0.4, 0.5) is 0 Å². The Kier molecular flexibility index (Phi) is 3.47. The van der Waals surface area contributed by atoms with E-state index in [9.17, 15) is 0 Å². The van der Waals surface area contributed by atoms with E-state index in [4.69, 9.17) is 20.2 Å². The van der Waals surface area contributed by atoms with Crippen LogP contribution in [0.2, 0.25) is 0 Å². The molecule has 128 valence electrons. The van der Waals surface area contributed by atoms with Gasteiger partial charge in [0.05, 0.1) is 12.9 Å². The zero-order valence-corrected chi connectivity index (χ0v) is 15.5. The normalized spacial score (nSPS) is 21.8. The number of hydrogen-bond donors (Lipinski definition) is 1. The van der Waals surface area contributed by atoms with Gasteiger partial charge in [-0.25, -0.2) is 9.98 Å². The maximum Gasteiger partial charge on any atom is 0.220 e. The quantitative estimate of drug-likeness (QED) is 0.781. The molecule has 2 aliphatic heterocycles. The van der Waals surface area contributed by atoms with Gasteiger partial charge in [-0.05, 0) is 38.1 Å². The average Bonchev–Trinajstić information content (AvgIpc) is 3.17. The van der Waals surface area contributed by atoms with Gasteiger partial charge in [0.25, 0.3) is 0 Å². The highest BCUT2D eigenvalue weighted by atomic mass is 79.9. The molecule has 2 aliphatic rings. The zero-order valence-electron chi connectivity index (χ0n) is 13.9. The average molecular weight is 402 g/mol. The molecule has 0 aliphatic carbocycles. The Morgan fingerprint density at radius 1 is 1.44 bits per heavy atom. The summed E-state index contributed by atoms with van der Waals surface area (Å²) >= 11 is 3.53. The molecule has 3 heterocycles. The number of nitrogens with two attached hydrogens (primary N) is 1. The molecular formula is C17H16BrN5O2. The highest BCUT2D eigenvalue weighted by molar-refractivity contribution is 9.10. The second-order valence-corrected chi connectivity index (χ2v) is 6.76. The van der Waals surface area contributed by atoms with Crippen molar-refractivity contribution in [3.05, 3.63) is 63.6 Å². The summed E-state index contributed by atoms with van der Waals surface area (Å²) in [4.78, 5) is 9.24. The van der Waals surface area contributed by atoms with Crippen molar-refractivity contribution in [2.75, 3.05) is 7.11 Å². The number of benzene rings is 1. The number of ether oxygens (including phenoxy) is 2. The van der Waals surface area contributed by atoms with Gasteiger partial charge in [-0.3, -0.25) is 0 Å². The molecule has 2 aromatic rings. The van der Waals surface area contributed by atoms with E-state index in [1.807, 2.05) is 38.1 Å². The molecule has 1 spiro atoms. The monoisotopic (exact) mass is 401 g/mol. The first kappa shape index (κ1) is 15.9. The smallest absolute Gasteiger partial charge is 0.220 e. The molecule has 8 heteroatoms. The van der Waals surface area contributed by atoms with E-state index in [0.717, 1.165) is 21.4 Å². The number of rotatable bonds is 2. The number of methoxy groups -OCH3 is 1. The highest BCUT2D eigenvalue weighted by Gasteiger charge is 2.51. The van der Waals surface area contributed by atoms with Crippen LogP contribution in [-0.2, 0) is 10.3 Å². The van der Waals surface area contributed by atoms with Crippen molar-refractivity contribution in [1.82, 2.24) is 14.8 Å². The summed E-state index contributed by atoms with van der Waals surface area (Å²) < 4.78 is 13.9. The first-order valence-corrected chi connectivity index (χ1v) is 8.44. The third-order valence-electron chi connectivity index (χ3n) is 4.40. The molecule has 0 saturated heterocycles. The molecule has 1 aromatic heterocycles.